The van der Waals surface area contributed by atoms with Crippen LogP contribution in [-0.2, 0) is 18.8 Å². The maximum atomic E-state index is 13.1. The van der Waals surface area contributed by atoms with Gasteiger partial charge in [0.1, 0.15) is 11.4 Å². The summed E-state index contributed by atoms with van der Waals surface area (Å²) in [5, 5.41) is 8.67. The molecule has 1 aliphatic rings. The Morgan fingerprint density at radius 2 is 1.28 bits per heavy atom. The smallest absolute Gasteiger partial charge is 0.272 e. The Morgan fingerprint density at radius 1 is 0.761 bits per heavy atom. The van der Waals surface area contributed by atoms with Gasteiger partial charge in [-0.05, 0) is 47.5 Å². The topological polar surface area (TPSA) is 113 Å². The second-order valence-corrected chi connectivity index (χ2v) is 11.5. The maximum absolute atomic E-state index is 13.1. The zero-order valence-corrected chi connectivity index (χ0v) is 26.7. The van der Waals surface area contributed by atoms with E-state index in [2.05, 4.69) is 50.0 Å². The van der Waals surface area contributed by atoms with Crippen LogP contribution in [0.2, 0.25) is 0 Å². The molecule has 0 aliphatic carbocycles. The van der Waals surface area contributed by atoms with Gasteiger partial charge in [0.25, 0.3) is 17.7 Å². The summed E-state index contributed by atoms with van der Waals surface area (Å²) in [7, 11) is 7.51. The Balaban J connectivity index is 1.14. The third kappa shape index (κ3) is 8.32. The van der Waals surface area contributed by atoms with Crippen LogP contribution in [0, 0.1) is 0 Å². The number of nitrogens with zero attached hydrogens (tertiary/aromatic N) is 4. The molecule has 240 valence electrons. The van der Waals surface area contributed by atoms with Gasteiger partial charge < -0.3 is 34.7 Å². The number of hydrogen-bond donors (Lipinski definition) is 3. The highest BCUT2D eigenvalue weighted by molar-refractivity contribution is 6.07. The molecule has 0 spiro atoms. The molecule has 1 aliphatic heterocycles. The minimum atomic E-state index is -0.361. The third-order valence-electron chi connectivity index (χ3n) is 7.86. The van der Waals surface area contributed by atoms with Crippen LogP contribution in [0.5, 0.6) is 0 Å². The molecule has 0 saturated carbocycles. The predicted octanol–water partition coefficient (Wildman–Crippen LogP) is 4.17. The van der Waals surface area contributed by atoms with Crippen molar-refractivity contribution in [2.45, 2.75) is 0 Å². The first-order valence-corrected chi connectivity index (χ1v) is 15.3. The summed E-state index contributed by atoms with van der Waals surface area (Å²) in [4.78, 5) is 43.1. The predicted molar refractivity (Wildman–Crippen MR) is 182 cm³/mol. The molecular weight excluding hydrogens is 582 g/mol. The Labute approximate surface area is 269 Å². The fourth-order valence-electron chi connectivity index (χ4n) is 5.18. The molecule has 0 radical (unpaired) electrons. The van der Waals surface area contributed by atoms with Gasteiger partial charge in [0.15, 0.2) is 0 Å². The lowest BCUT2D eigenvalue weighted by atomic mass is 10.1. The summed E-state index contributed by atoms with van der Waals surface area (Å²) in [5.74, 6) is -0.848. The van der Waals surface area contributed by atoms with Gasteiger partial charge in [-0.1, -0.05) is 36.4 Å². The lowest BCUT2D eigenvalue weighted by Crippen LogP contribution is -2.41. The number of morpholine rings is 1. The molecule has 46 heavy (non-hydrogen) atoms. The van der Waals surface area contributed by atoms with E-state index in [0.29, 0.717) is 48.1 Å². The molecule has 3 N–H and O–H groups in total. The lowest BCUT2D eigenvalue weighted by molar-refractivity contribution is 0.0383. The van der Waals surface area contributed by atoms with Gasteiger partial charge in [-0.2, -0.15) is 0 Å². The van der Waals surface area contributed by atoms with Crippen molar-refractivity contribution in [2.24, 2.45) is 14.1 Å². The van der Waals surface area contributed by atoms with Crippen LogP contribution < -0.4 is 20.9 Å². The first-order valence-electron chi connectivity index (χ1n) is 15.3. The van der Waals surface area contributed by atoms with Crippen LogP contribution in [-0.4, -0.2) is 85.2 Å². The SMILES string of the molecule is CN(C)c1ccc(/C=C/c2ccc(C(=O)Nc3cc(C(=O)Nc4cc(C(=O)NCCN5CCOCC5)n(C)c4)n(C)c3)cc2)cc1. The molecule has 1 fully saturated rings. The zero-order valence-electron chi connectivity index (χ0n) is 26.7. The Morgan fingerprint density at radius 3 is 1.85 bits per heavy atom. The van der Waals surface area contributed by atoms with Crippen molar-refractivity contribution in [3.63, 3.8) is 0 Å². The van der Waals surface area contributed by atoms with Crippen molar-refractivity contribution >= 4 is 46.9 Å². The maximum Gasteiger partial charge on any atom is 0.272 e. The molecule has 2 aromatic heterocycles. The monoisotopic (exact) mass is 623 g/mol. The van der Waals surface area contributed by atoms with Crippen LogP contribution in [0.15, 0.2) is 73.1 Å². The van der Waals surface area contributed by atoms with E-state index in [4.69, 9.17) is 4.74 Å². The highest BCUT2D eigenvalue weighted by Crippen LogP contribution is 2.19. The molecule has 3 amide bonds. The molecule has 2 aromatic carbocycles. The van der Waals surface area contributed by atoms with Crippen LogP contribution in [0.4, 0.5) is 17.1 Å². The minimum Gasteiger partial charge on any atom is -0.379 e. The van der Waals surface area contributed by atoms with Crippen LogP contribution in [0.25, 0.3) is 12.2 Å². The highest BCUT2D eigenvalue weighted by atomic mass is 16.5. The number of carbonyl (C=O) groups is 3. The molecular formula is C35H41N7O4. The largest absolute Gasteiger partial charge is 0.379 e. The number of aryl methyl sites for hydroxylation is 2. The Hall–Kier alpha value is -5.13. The minimum absolute atomic E-state index is 0.209. The number of ether oxygens (including phenoxy) is 1. The zero-order chi connectivity index (χ0) is 32.6. The van der Waals surface area contributed by atoms with E-state index in [1.54, 1.807) is 59.9 Å². The van der Waals surface area contributed by atoms with Crippen molar-refractivity contribution in [1.29, 1.82) is 0 Å². The molecule has 0 unspecified atom stereocenters. The van der Waals surface area contributed by atoms with Crippen molar-refractivity contribution in [2.75, 3.05) is 69.0 Å². The van der Waals surface area contributed by atoms with E-state index < -0.39 is 0 Å². The number of aromatic nitrogens is 2. The first-order chi connectivity index (χ1) is 22.2. The fraction of sp³-hybridized carbons (Fsp3) is 0.286. The van der Waals surface area contributed by atoms with Gasteiger partial charge >= 0.3 is 0 Å². The molecule has 11 heteroatoms. The third-order valence-corrected chi connectivity index (χ3v) is 7.86. The van der Waals surface area contributed by atoms with Crippen molar-refractivity contribution in [1.82, 2.24) is 19.4 Å². The summed E-state index contributed by atoms with van der Waals surface area (Å²) in [6.45, 7) is 4.43. The van der Waals surface area contributed by atoms with Gasteiger partial charge in [0.2, 0.25) is 0 Å². The molecule has 0 atom stereocenters. The number of hydrogen-bond acceptors (Lipinski definition) is 6. The normalized spacial score (nSPS) is 13.5. The van der Waals surface area contributed by atoms with Crippen molar-refractivity contribution in [3.05, 3.63) is 101 Å². The van der Waals surface area contributed by atoms with Gasteiger partial charge in [0, 0.05) is 78.0 Å². The summed E-state index contributed by atoms with van der Waals surface area (Å²) in [5.41, 5.74) is 5.50. The molecule has 3 heterocycles. The summed E-state index contributed by atoms with van der Waals surface area (Å²) in [6, 6.07) is 18.9. The number of benzene rings is 2. The van der Waals surface area contributed by atoms with Crippen LogP contribution in [0.3, 0.4) is 0 Å². The van der Waals surface area contributed by atoms with E-state index >= 15 is 0 Å². The first kappa shape index (κ1) is 32.3. The summed E-state index contributed by atoms with van der Waals surface area (Å²) < 4.78 is 8.69. The second-order valence-electron chi connectivity index (χ2n) is 11.5. The van der Waals surface area contributed by atoms with E-state index in [1.165, 1.54) is 0 Å². The van der Waals surface area contributed by atoms with Gasteiger partial charge in [-0.25, -0.2) is 0 Å². The summed E-state index contributed by atoms with van der Waals surface area (Å²) in [6.07, 6.45) is 7.41. The van der Waals surface area contributed by atoms with Crippen molar-refractivity contribution in [3.8, 4) is 0 Å². The number of carbonyl (C=O) groups excluding carboxylic acids is 3. The van der Waals surface area contributed by atoms with E-state index in [0.717, 1.165) is 36.4 Å². The fourth-order valence-corrected chi connectivity index (χ4v) is 5.18. The second kappa shape index (κ2) is 14.8. The molecule has 1 saturated heterocycles. The van der Waals surface area contributed by atoms with Gasteiger partial charge in [-0.3, -0.25) is 19.3 Å². The van der Waals surface area contributed by atoms with E-state index in [9.17, 15) is 14.4 Å². The Kier molecular flexibility index (Phi) is 10.4. The van der Waals surface area contributed by atoms with Crippen molar-refractivity contribution < 1.29 is 19.1 Å². The lowest BCUT2D eigenvalue weighted by Gasteiger charge is -2.26. The number of anilines is 3. The highest BCUT2D eigenvalue weighted by Gasteiger charge is 2.18. The number of nitrogens with one attached hydrogen (secondary N) is 3. The molecule has 4 aromatic rings. The molecule has 11 nitrogen and oxygen atoms in total. The average Bonchev–Trinajstić information content (AvgIpc) is 3.61. The van der Waals surface area contributed by atoms with Crippen LogP contribution >= 0.6 is 0 Å². The van der Waals surface area contributed by atoms with Gasteiger partial charge in [-0.15, -0.1) is 0 Å². The molecule has 5 rings (SSSR count). The quantitative estimate of drug-likeness (QED) is 0.216. The Bertz CT molecular complexity index is 1700. The number of rotatable bonds is 11. The average molecular weight is 624 g/mol. The van der Waals surface area contributed by atoms with Gasteiger partial charge in [0.05, 0.1) is 24.6 Å². The number of amides is 3. The van der Waals surface area contributed by atoms with E-state index in [-0.39, 0.29) is 17.7 Å². The van der Waals surface area contributed by atoms with E-state index in [1.807, 2.05) is 38.4 Å². The van der Waals surface area contributed by atoms with Crippen LogP contribution in [0.1, 0.15) is 42.5 Å². The molecule has 0 bridgehead atoms. The standard InChI is InChI=1S/C35H41N7O4/c1-39(2)30-13-9-26(10-14-30)6-5-25-7-11-27(12-8-25)33(43)37-28-22-32(41(4)23-28)35(45)38-29-21-31(40(3)24-29)34(44)36-15-16-42-17-19-46-20-18-42/h5-14,21-24H,15-20H2,1-4H3,(H,36,44)(H,37,43)(H,38,45)/b6-5+. The summed E-state index contributed by atoms with van der Waals surface area (Å²) >= 11 is 0.